The van der Waals surface area contributed by atoms with Crippen LogP contribution in [0.4, 0.5) is 0 Å². The molecule has 1 aliphatic heterocycles. The number of nitrogens with zero attached hydrogens (tertiary/aromatic N) is 2. The fraction of sp³-hybridized carbons (Fsp3) is 1.00. The molecule has 1 N–H and O–H groups in total. The van der Waals surface area contributed by atoms with Gasteiger partial charge in [0.2, 0.25) is 0 Å². The van der Waals surface area contributed by atoms with Crippen LogP contribution in [0.15, 0.2) is 0 Å². The van der Waals surface area contributed by atoms with Crippen molar-refractivity contribution in [2.24, 2.45) is 5.92 Å². The van der Waals surface area contributed by atoms with Crippen LogP contribution in [0.2, 0.25) is 0 Å². The van der Waals surface area contributed by atoms with Crippen LogP contribution >= 0.6 is 0 Å². The lowest BCUT2D eigenvalue weighted by Gasteiger charge is -2.30. The van der Waals surface area contributed by atoms with Crippen molar-refractivity contribution in [3.05, 3.63) is 0 Å². The quantitative estimate of drug-likeness (QED) is 0.698. The van der Waals surface area contributed by atoms with E-state index in [1.807, 2.05) is 0 Å². The van der Waals surface area contributed by atoms with Gasteiger partial charge in [0.05, 0.1) is 0 Å². The highest BCUT2D eigenvalue weighted by Gasteiger charge is 2.24. The van der Waals surface area contributed by atoms with Crippen molar-refractivity contribution in [1.29, 1.82) is 0 Å². The summed E-state index contributed by atoms with van der Waals surface area (Å²) < 4.78 is 0. The molecule has 94 valence electrons. The molecule has 0 aromatic rings. The zero-order valence-electron chi connectivity index (χ0n) is 10.7. The van der Waals surface area contributed by atoms with Crippen LogP contribution in [0.5, 0.6) is 0 Å². The molecular formula is C13H27N3. The van der Waals surface area contributed by atoms with E-state index < -0.39 is 0 Å². The molecule has 2 fully saturated rings. The minimum Gasteiger partial charge on any atom is -0.314 e. The Morgan fingerprint density at radius 2 is 1.94 bits per heavy atom. The Balaban J connectivity index is 1.63. The molecule has 16 heavy (non-hydrogen) atoms. The van der Waals surface area contributed by atoms with E-state index in [0.717, 1.165) is 5.92 Å². The summed E-state index contributed by atoms with van der Waals surface area (Å²) in [6.07, 6.45) is 4.26. The van der Waals surface area contributed by atoms with Crippen LogP contribution in [0.1, 0.15) is 26.2 Å². The fourth-order valence-corrected chi connectivity index (χ4v) is 2.49. The van der Waals surface area contributed by atoms with E-state index in [4.69, 9.17) is 0 Å². The second-order valence-electron chi connectivity index (χ2n) is 5.34. The molecule has 1 saturated heterocycles. The van der Waals surface area contributed by atoms with Gasteiger partial charge in [0, 0.05) is 45.8 Å². The van der Waals surface area contributed by atoms with Gasteiger partial charge < -0.3 is 10.2 Å². The summed E-state index contributed by atoms with van der Waals surface area (Å²) in [5, 5.41) is 3.41. The Bertz CT molecular complexity index is 186. The van der Waals surface area contributed by atoms with Crippen molar-refractivity contribution in [3.8, 4) is 0 Å². The summed E-state index contributed by atoms with van der Waals surface area (Å²) in [6.45, 7) is 12.3. The maximum Gasteiger partial charge on any atom is 0.0110 e. The monoisotopic (exact) mass is 225 g/mol. The lowest BCUT2D eigenvalue weighted by Crippen LogP contribution is -2.46. The Morgan fingerprint density at radius 1 is 1.19 bits per heavy atom. The second kappa shape index (κ2) is 6.58. The molecule has 1 aliphatic carbocycles. The van der Waals surface area contributed by atoms with Gasteiger partial charge in [-0.3, -0.25) is 4.90 Å². The van der Waals surface area contributed by atoms with Crippen molar-refractivity contribution < 1.29 is 0 Å². The van der Waals surface area contributed by atoms with Crippen LogP contribution in [-0.2, 0) is 0 Å². The fourth-order valence-electron chi connectivity index (χ4n) is 2.49. The van der Waals surface area contributed by atoms with Crippen molar-refractivity contribution >= 4 is 0 Å². The highest BCUT2D eigenvalue weighted by atomic mass is 15.2. The summed E-state index contributed by atoms with van der Waals surface area (Å²) in [5.41, 5.74) is 0. The van der Waals surface area contributed by atoms with Gasteiger partial charge >= 0.3 is 0 Å². The molecule has 2 rings (SSSR count). The Morgan fingerprint density at radius 3 is 2.56 bits per heavy atom. The van der Waals surface area contributed by atoms with E-state index in [1.165, 1.54) is 71.6 Å². The predicted octanol–water partition coefficient (Wildman–Crippen LogP) is 1.01. The maximum atomic E-state index is 3.41. The Labute approximate surface area is 100 Å². The minimum atomic E-state index is 1.04. The molecule has 0 bridgehead atoms. The molecule has 2 aliphatic rings. The van der Waals surface area contributed by atoms with E-state index in [9.17, 15) is 0 Å². The summed E-state index contributed by atoms with van der Waals surface area (Å²) in [6, 6.07) is 0. The standard InChI is InChI=1S/C13H27N3/c1-2-7-16(12-13-3-4-13)11-10-15-8-5-14-6-9-15/h13-14H,2-12H2,1H3. The highest BCUT2D eigenvalue weighted by Crippen LogP contribution is 2.29. The van der Waals surface area contributed by atoms with Gasteiger partial charge in [-0.15, -0.1) is 0 Å². The minimum absolute atomic E-state index is 1.04. The smallest absolute Gasteiger partial charge is 0.0110 e. The molecule has 0 atom stereocenters. The lowest BCUT2D eigenvalue weighted by molar-refractivity contribution is 0.184. The third-order valence-corrected chi connectivity index (χ3v) is 3.70. The summed E-state index contributed by atoms with van der Waals surface area (Å²) in [4.78, 5) is 5.28. The molecule has 3 nitrogen and oxygen atoms in total. The second-order valence-corrected chi connectivity index (χ2v) is 5.34. The van der Waals surface area contributed by atoms with Crippen LogP contribution in [0.3, 0.4) is 0 Å². The van der Waals surface area contributed by atoms with E-state index >= 15 is 0 Å². The van der Waals surface area contributed by atoms with E-state index in [1.54, 1.807) is 0 Å². The Kier molecular flexibility index (Phi) is 5.07. The van der Waals surface area contributed by atoms with Gasteiger partial charge in [-0.25, -0.2) is 0 Å². The van der Waals surface area contributed by atoms with Crippen LogP contribution in [0, 0.1) is 5.92 Å². The number of piperazine rings is 1. The van der Waals surface area contributed by atoms with Gasteiger partial charge in [0.15, 0.2) is 0 Å². The molecule has 0 amide bonds. The first kappa shape index (κ1) is 12.3. The van der Waals surface area contributed by atoms with E-state index in [2.05, 4.69) is 22.0 Å². The van der Waals surface area contributed by atoms with Gasteiger partial charge in [-0.2, -0.15) is 0 Å². The van der Waals surface area contributed by atoms with Crippen molar-refractivity contribution in [1.82, 2.24) is 15.1 Å². The van der Waals surface area contributed by atoms with E-state index in [0.29, 0.717) is 0 Å². The van der Waals surface area contributed by atoms with Crippen molar-refractivity contribution in [3.63, 3.8) is 0 Å². The van der Waals surface area contributed by atoms with E-state index in [-0.39, 0.29) is 0 Å². The average Bonchev–Trinajstić information content (AvgIpc) is 3.12. The topological polar surface area (TPSA) is 18.5 Å². The molecule has 1 heterocycles. The number of rotatable bonds is 7. The normalized spacial score (nSPS) is 22.9. The largest absolute Gasteiger partial charge is 0.314 e. The molecule has 1 saturated carbocycles. The van der Waals surface area contributed by atoms with Gasteiger partial charge in [-0.05, 0) is 31.7 Å². The Hall–Kier alpha value is -0.120. The predicted molar refractivity (Wildman–Crippen MR) is 68.8 cm³/mol. The van der Waals surface area contributed by atoms with Crippen LogP contribution in [0.25, 0.3) is 0 Å². The molecule has 0 spiro atoms. The molecule has 0 aromatic heterocycles. The number of hydrogen-bond donors (Lipinski definition) is 1. The lowest BCUT2D eigenvalue weighted by atomic mass is 10.3. The highest BCUT2D eigenvalue weighted by molar-refractivity contribution is 4.78. The zero-order valence-corrected chi connectivity index (χ0v) is 10.7. The molecule has 0 unspecified atom stereocenters. The third-order valence-electron chi connectivity index (χ3n) is 3.70. The van der Waals surface area contributed by atoms with Crippen LogP contribution in [-0.4, -0.2) is 62.2 Å². The van der Waals surface area contributed by atoms with Crippen molar-refractivity contribution in [2.45, 2.75) is 26.2 Å². The maximum absolute atomic E-state index is 3.41. The third kappa shape index (κ3) is 4.40. The number of nitrogens with one attached hydrogen (secondary N) is 1. The van der Waals surface area contributed by atoms with Gasteiger partial charge in [0.25, 0.3) is 0 Å². The molecular weight excluding hydrogens is 198 g/mol. The first-order valence-electron chi connectivity index (χ1n) is 7.04. The SMILES string of the molecule is CCCN(CCN1CCNCC1)CC1CC1. The zero-order chi connectivity index (χ0) is 11.2. The average molecular weight is 225 g/mol. The van der Waals surface area contributed by atoms with Gasteiger partial charge in [-0.1, -0.05) is 6.92 Å². The summed E-state index contributed by atoms with van der Waals surface area (Å²) in [7, 11) is 0. The first-order valence-corrected chi connectivity index (χ1v) is 7.04. The number of hydrogen-bond acceptors (Lipinski definition) is 3. The van der Waals surface area contributed by atoms with Crippen LogP contribution < -0.4 is 5.32 Å². The summed E-state index contributed by atoms with van der Waals surface area (Å²) >= 11 is 0. The molecule has 0 radical (unpaired) electrons. The van der Waals surface area contributed by atoms with Crippen molar-refractivity contribution in [2.75, 3.05) is 52.4 Å². The molecule has 0 aromatic carbocycles. The first-order chi connectivity index (χ1) is 7.88. The molecule has 3 heteroatoms. The van der Waals surface area contributed by atoms with Gasteiger partial charge in [0.1, 0.15) is 0 Å². The summed E-state index contributed by atoms with van der Waals surface area (Å²) in [5.74, 6) is 1.04.